The Hall–Kier alpha value is -1.11. The fourth-order valence-corrected chi connectivity index (χ4v) is 2.59. The average Bonchev–Trinajstić information content (AvgIpc) is 2.34. The first kappa shape index (κ1) is 13.3. The van der Waals surface area contributed by atoms with Gasteiger partial charge in [-0.2, -0.15) is 0 Å². The summed E-state index contributed by atoms with van der Waals surface area (Å²) in [5.74, 6) is 0.536. The van der Waals surface area contributed by atoms with Gasteiger partial charge in [0, 0.05) is 12.3 Å². The molecular weight excluding hydrogens is 220 g/mol. The van der Waals surface area contributed by atoms with Gasteiger partial charge in [-0.1, -0.05) is 37.1 Å². The number of hydrogen-bond acceptors (Lipinski definition) is 1. The fraction of sp³-hybridized carbons (Fsp3) is 0.588. The summed E-state index contributed by atoms with van der Waals surface area (Å²) in [6.45, 7) is 9.93. The van der Waals surface area contributed by atoms with Gasteiger partial charge in [-0.3, -0.25) is 4.79 Å². The predicted molar refractivity (Wildman–Crippen MR) is 78.5 cm³/mol. The van der Waals surface area contributed by atoms with Crippen molar-refractivity contribution < 1.29 is 6.17 Å². The third-order valence-electron chi connectivity index (χ3n) is 3.83. The van der Waals surface area contributed by atoms with Crippen molar-refractivity contribution in [2.75, 3.05) is 0 Å². The zero-order valence-corrected chi connectivity index (χ0v) is 12.1. The van der Waals surface area contributed by atoms with Crippen molar-refractivity contribution in [3.05, 3.63) is 35.9 Å². The van der Waals surface area contributed by atoms with E-state index in [9.17, 15) is 4.79 Å². The number of hydrogen-bond donors (Lipinski definition) is 0. The summed E-state index contributed by atoms with van der Waals surface area (Å²) >= 11 is 0. The summed E-state index contributed by atoms with van der Waals surface area (Å²) in [6.07, 6.45) is 9.62. The lowest BCUT2D eigenvalue weighted by molar-refractivity contribution is -0.114. The lowest BCUT2D eigenvalue weighted by atomic mass is 9.68. The van der Waals surface area contributed by atoms with Crippen LogP contribution in [0.3, 0.4) is 0 Å². The molecule has 1 heteroatoms. The lowest BCUT2D eigenvalue weighted by Gasteiger charge is -2.36. The molecule has 0 saturated heterocycles. The minimum absolute atomic E-state index is 0.162. The van der Waals surface area contributed by atoms with E-state index in [-0.39, 0.29) is 11.2 Å². The minimum atomic E-state index is 0.162. The van der Waals surface area contributed by atoms with E-state index in [1.807, 2.05) is 6.92 Å². The molecule has 0 heterocycles. The second-order valence-electron chi connectivity index (χ2n) is 6.12. The molecule has 1 aliphatic carbocycles. The van der Waals surface area contributed by atoms with Crippen LogP contribution in [0.4, 0.5) is 0 Å². The Morgan fingerprint density at radius 3 is 2.94 bits per heavy atom. The van der Waals surface area contributed by atoms with Crippen LogP contribution >= 0.6 is 0 Å². The Balaban J connectivity index is 2.62. The van der Waals surface area contributed by atoms with Crippen LogP contribution in [-0.2, 0) is 4.79 Å². The van der Waals surface area contributed by atoms with Gasteiger partial charge in [0.1, 0.15) is 0 Å². The predicted octanol–water partition coefficient (Wildman–Crippen LogP) is 4.85. The highest BCUT2D eigenvalue weighted by Gasteiger charge is 2.30. The first-order chi connectivity index (χ1) is 8.86. The van der Waals surface area contributed by atoms with Crippen molar-refractivity contribution in [2.45, 2.75) is 53.4 Å². The molecular formula is C17H26O. The van der Waals surface area contributed by atoms with E-state index in [2.05, 4.69) is 32.9 Å². The first-order valence-corrected chi connectivity index (χ1v) is 6.78. The summed E-state index contributed by atoms with van der Waals surface area (Å²) in [7, 11) is 0. The molecule has 0 aromatic heterocycles. The van der Waals surface area contributed by atoms with Crippen molar-refractivity contribution in [3.8, 4) is 0 Å². The van der Waals surface area contributed by atoms with Gasteiger partial charge in [-0.25, -0.2) is 0 Å². The smallest absolute Gasteiger partial charge is 0.155 e. The SMILES string of the molecule is [H]/C=C(\C)CCC(=O)/C=C/C1C(C)=CCCC1(C)C. The van der Waals surface area contributed by atoms with E-state index in [1.165, 1.54) is 18.5 Å². The highest BCUT2D eigenvalue weighted by atomic mass is 16.1. The molecule has 0 amide bonds. The first-order valence-electron chi connectivity index (χ1n) is 7.36. The average molecular weight is 246 g/mol. The molecule has 0 aromatic rings. The summed E-state index contributed by atoms with van der Waals surface area (Å²) in [4.78, 5) is 11.8. The molecule has 0 spiro atoms. The number of carbonyl (C=O) groups excluding carboxylic acids is 1. The largest absolute Gasteiger partial charge is 0.295 e. The second-order valence-corrected chi connectivity index (χ2v) is 6.12. The van der Waals surface area contributed by atoms with Crippen molar-refractivity contribution >= 4 is 5.78 Å². The molecule has 1 aliphatic rings. The molecule has 1 rings (SSSR count). The summed E-state index contributed by atoms with van der Waals surface area (Å²) in [6, 6.07) is 0. The van der Waals surface area contributed by atoms with Gasteiger partial charge >= 0.3 is 0 Å². The molecule has 0 radical (unpaired) electrons. The molecule has 0 fully saturated rings. The maximum atomic E-state index is 11.8. The second kappa shape index (κ2) is 6.17. The summed E-state index contributed by atoms with van der Waals surface area (Å²) in [5, 5.41) is 0. The van der Waals surface area contributed by atoms with Gasteiger partial charge < -0.3 is 0 Å². The van der Waals surface area contributed by atoms with Gasteiger partial charge in [0.05, 0.1) is 1.37 Å². The molecule has 0 bridgehead atoms. The van der Waals surface area contributed by atoms with Crippen LogP contribution in [0.5, 0.6) is 0 Å². The van der Waals surface area contributed by atoms with Crippen LogP contribution in [0.15, 0.2) is 35.9 Å². The van der Waals surface area contributed by atoms with Crippen molar-refractivity contribution in [1.29, 1.82) is 0 Å². The highest BCUT2D eigenvalue weighted by molar-refractivity contribution is 5.89. The Morgan fingerprint density at radius 1 is 1.61 bits per heavy atom. The van der Waals surface area contributed by atoms with E-state index in [4.69, 9.17) is 1.37 Å². The topological polar surface area (TPSA) is 17.1 Å². The normalized spacial score (nSPS) is 24.9. The Morgan fingerprint density at radius 2 is 2.33 bits per heavy atom. The zero-order valence-electron chi connectivity index (χ0n) is 13.1. The van der Waals surface area contributed by atoms with Gasteiger partial charge in [0.2, 0.25) is 0 Å². The maximum Gasteiger partial charge on any atom is 0.155 e. The van der Waals surface area contributed by atoms with Crippen LogP contribution in [0, 0.1) is 11.3 Å². The van der Waals surface area contributed by atoms with Crippen molar-refractivity contribution in [1.82, 2.24) is 0 Å². The lowest BCUT2D eigenvalue weighted by Crippen LogP contribution is -2.26. The molecule has 1 atom stereocenters. The maximum absolute atomic E-state index is 11.8. The van der Waals surface area contributed by atoms with Crippen LogP contribution in [0.2, 0.25) is 0 Å². The van der Waals surface area contributed by atoms with Crippen molar-refractivity contribution in [2.24, 2.45) is 11.3 Å². The van der Waals surface area contributed by atoms with Gasteiger partial charge in [-0.05, 0) is 44.6 Å². The molecule has 1 unspecified atom stereocenters. The zero-order chi connectivity index (χ0) is 14.5. The van der Waals surface area contributed by atoms with Gasteiger partial charge in [0.15, 0.2) is 5.78 Å². The molecule has 0 N–H and O–H groups in total. The standard InChI is InChI=1S/C17H26O/c1-13(2)8-9-15(18)10-11-16-14(3)7-6-12-17(16,4)5/h7,10-11,16H,1,6,8-9,12H2,2-5H3/b11-10+. The summed E-state index contributed by atoms with van der Waals surface area (Å²) < 4.78 is 7.10. The van der Waals surface area contributed by atoms with Crippen molar-refractivity contribution in [3.63, 3.8) is 0 Å². The van der Waals surface area contributed by atoms with Gasteiger partial charge in [-0.15, -0.1) is 6.55 Å². The fourth-order valence-electron chi connectivity index (χ4n) is 2.59. The third-order valence-corrected chi connectivity index (χ3v) is 3.83. The third kappa shape index (κ3) is 4.29. The summed E-state index contributed by atoms with van der Waals surface area (Å²) in [5.41, 5.74) is 2.57. The molecule has 18 heavy (non-hydrogen) atoms. The number of ketones is 1. The molecule has 0 aromatic carbocycles. The number of allylic oxidation sites excluding steroid dienone is 5. The minimum Gasteiger partial charge on any atom is -0.295 e. The molecule has 0 saturated carbocycles. The Kier molecular flexibility index (Phi) is 4.57. The van der Waals surface area contributed by atoms with E-state index < -0.39 is 0 Å². The monoisotopic (exact) mass is 246 g/mol. The Bertz CT molecular complexity index is 413. The highest BCUT2D eigenvalue weighted by Crippen LogP contribution is 2.41. The van der Waals surface area contributed by atoms with Gasteiger partial charge in [0.25, 0.3) is 0 Å². The van der Waals surface area contributed by atoms with E-state index in [1.54, 1.807) is 6.08 Å². The van der Waals surface area contributed by atoms with Crippen LogP contribution in [0.25, 0.3) is 0 Å². The van der Waals surface area contributed by atoms with Crippen LogP contribution < -0.4 is 0 Å². The van der Waals surface area contributed by atoms with E-state index in [0.29, 0.717) is 18.8 Å². The number of rotatable bonds is 5. The van der Waals surface area contributed by atoms with Crippen LogP contribution in [0.1, 0.15) is 54.7 Å². The van der Waals surface area contributed by atoms with E-state index in [0.717, 1.165) is 12.0 Å². The van der Waals surface area contributed by atoms with Crippen LogP contribution in [-0.4, -0.2) is 5.78 Å². The van der Waals surface area contributed by atoms with E-state index >= 15 is 0 Å². The quantitative estimate of drug-likeness (QED) is 0.500. The molecule has 1 nitrogen and oxygen atoms in total. The number of carbonyl (C=O) groups is 1. The molecule has 0 aliphatic heterocycles. The molecule has 100 valence electrons. The Labute approximate surface area is 113 Å².